The molecule has 1 heterocycles. The lowest BCUT2D eigenvalue weighted by molar-refractivity contribution is 0.606. The van der Waals surface area contributed by atoms with Crippen molar-refractivity contribution in [2.45, 2.75) is 31.2 Å². The van der Waals surface area contributed by atoms with Gasteiger partial charge in [0.15, 0.2) is 0 Å². The molecule has 1 unspecified atom stereocenters. The molecule has 0 spiro atoms. The van der Waals surface area contributed by atoms with E-state index in [4.69, 9.17) is 0 Å². The monoisotopic (exact) mass is 289 g/mol. The van der Waals surface area contributed by atoms with Crippen molar-refractivity contribution in [3.8, 4) is 0 Å². The number of rotatable bonds is 7. The second-order valence-electron chi connectivity index (χ2n) is 4.87. The van der Waals surface area contributed by atoms with E-state index in [1.807, 2.05) is 29.7 Å². The van der Waals surface area contributed by atoms with Crippen LogP contribution in [0.1, 0.15) is 31.0 Å². The number of nitrogens with one attached hydrogen (secondary N) is 1. The third-order valence-electron chi connectivity index (χ3n) is 3.34. The summed E-state index contributed by atoms with van der Waals surface area (Å²) in [5, 5.41) is 7.78. The molecule has 1 N–H and O–H groups in total. The van der Waals surface area contributed by atoms with Gasteiger partial charge < -0.3 is 5.32 Å². The smallest absolute Gasteiger partial charge is 0.0625 e. The lowest BCUT2D eigenvalue weighted by Crippen LogP contribution is -2.22. The minimum Gasteiger partial charge on any atom is -0.309 e. The highest BCUT2D eigenvalue weighted by atomic mass is 32.2. The summed E-state index contributed by atoms with van der Waals surface area (Å²) in [6.07, 6.45) is 5.08. The maximum absolute atomic E-state index is 4.21. The van der Waals surface area contributed by atoms with E-state index in [1.54, 1.807) is 0 Å². The van der Waals surface area contributed by atoms with E-state index < -0.39 is 0 Å². The third kappa shape index (κ3) is 4.12. The van der Waals surface area contributed by atoms with Crippen LogP contribution < -0.4 is 5.32 Å². The lowest BCUT2D eigenvalue weighted by Gasteiger charge is -2.18. The van der Waals surface area contributed by atoms with Crippen LogP contribution in [0.15, 0.2) is 41.6 Å². The van der Waals surface area contributed by atoms with Crippen molar-refractivity contribution in [1.29, 1.82) is 0 Å². The van der Waals surface area contributed by atoms with Gasteiger partial charge in [0.25, 0.3) is 0 Å². The topological polar surface area (TPSA) is 29.9 Å². The summed E-state index contributed by atoms with van der Waals surface area (Å²) in [5.74, 6) is 1.02. The molecule has 0 fully saturated rings. The van der Waals surface area contributed by atoms with Crippen LogP contribution in [-0.2, 0) is 13.5 Å². The van der Waals surface area contributed by atoms with Crippen molar-refractivity contribution < 1.29 is 0 Å². The molecule has 0 saturated carbocycles. The molecule has 3 nitrogen and oxygen atoms in total. The fraction of sp³-hybridized carbons (Fsp3) is 0.438. The maximum Gasteiger partial charge on any atom is 0.0625 e. The molecule has 1 aromatic carbocycles. The summed E-state index contributed by atoms with van der Waals surface area (Å²) in [4.78, 5) is 1.22. The molecule has 0 bridgehead atoms. The van der Waals surface area contributed by atoms with Crippen molar-refractivity contribution in [1.82, 2.24) is 15.1 Å². The van der Waals surface area contributed by atoms with Gasteiger partial charge in [-0.15, -0.1) is 11.8 Å². The number of benzene rings is 1. The van der Waals surface area contributed by atoms with E-state index in [0.29, 0.717) is 6.04 Å². The Hall–Kier alpha value is -1.26. The van der Waals surface area contributed by atoms with Crippen LogP contribution in [0.25, 0.3) is 0 Å². The van der Waals surface area contributed by atoms with Crippen LogP contribution in [0.5, 0.6) is 0 Å². The van der Waals surface area contributed by atoms with E-state index in [-0.39, 0.29) is 0 Å². The van der Waals surface area contributed by atoms with Gasteiger partial charge in [-0.3, -0.25) is 4.68 Å². The number of aryl methyl sites for hydroxylation is 2. The van der Waals surface area contributed by atoms with Gasteiger partial charge >= 0.3 is 0 Å². The van der Waals surface area contributed by atoms with Crippen molar-refractivity contribution in [3.05, 3.63) is 47.8 Å². The van der Waals surface area contributed by atoms with E-state index in [2.05, 4.69) is 54.7 Å². The Labute approximate surface area is 125 Å². The summed E-state index contributed by atoms with van der Waals surface area (Å²) in [5.41, 5.74) is 2.75. The van der Waals surface area contributed by atoms with Gasteiger partial charge in [0.05, 0.1) is 6.20 Å². The minimum atomic E-state index is 0.385. The second-order valence-corrected chi connectivity index (χ2v) is 5.96. The van der Waals surface area contributed by atoms with E-state index in [9.17, 15) is 0 Å². The highest BCUT2D eigenvalue weighted by Gasteiger charge is 2.11. The van der Waals surface area contributed by atoms with Crippen LogP contribution in [0, 0.1) is 0 Å². The first-order valence-electron chi connectivity index (χ1n) is 7.16. The van der Waals surface area contributed by atoms with E-state index >= 15 is 0 Å². The summed E-state index contributed by atoms with van der Waals surface area (Å²) in [7, 11) is 1.95. The molecular weight excluding hydrogens is 266 g/mol. The summed E-state index contributed by atoms with van der Waals surface area (Å²) < 4.78 is 1.85. The Kier molecular flexibility index (Phi) is 5.68. The first kappa shape index (κ1) is 15.1. The number of aromatic nitrogens is 2. The van der Waals surface area contributed by atoms with E-state index in [0.717, 1.165) is 18.7 Å². The fourth-order valence-corrected chi connectivity index (χ4v) is 3.18. The Bertz CT molecular complexity index is 519. The molecule has 20 heavy (non-hydrogen) atoms. The zero-order valence-electron chi connectivity index (χ0n) is 12.5. The SMILES string of the molecule is CCNC(CSc1cnn(C)c1)c1ccc(CC)cc1. The zero-order valence-corrected chi connectivity index (χ0v) is 13.3. The molecule has 2 rings (SSSR count). The number of hydrogen-bond donors (Lipinski definition) is 1. The minimum absolute atomic E-state index is 0.385. The van der Waals surface area contributed by atoms with Gasteiger partial charge in [-0.2, -0.15) is 5.10 Å². The standard InChI is InChI=1S/C16H23N3S/c1-4-13-6-8-14(9-7-13)16(17-5-2)12-20-15-10-18-19(3)11-15/h6-11,16-17H,4-5,12H2,1-3H3. The normalized spacial score (nSPS) is 12.6. The molecular formula is C16H23N3S. The third-order valence-corrected chi connectivity index (χ3v) is 4.38. The molecule has 1 atom stereocenters. The van der Waals surface area contributed by atoms with Crippen LogP contribution in [0.4, 0.5) is 0 Å². The second kappa shape index (κ2) is 7.50. The van der Waals surface area contributed by atoms with Crippen LogP contribution in [0.2, 0.25) is 0 Å². The Morgan fingerprint density at radius 1 is 1.25 bits per heavy atom. The maximum atomic E-state index is 4.21. The molecule has 4 heteroatoms. The summed E-state index contributed by atoms with van der Waals surface area (Å²) in [6, 6.07) is 9.34. The lowest BCUT2D eigenvalue weighted by atomic mass is 10.1. The molecule has 0 aliphatic rings. The Balaban J connectivity index is 2.01. The van der Waals surface area contributed by atoms with Crippen molar-refractivity contribution in [2.75, 3.05) is 12.3 Å². The highest BCUT2D eigenvalue weighted by Crippen LogP contribution is 2.24. The Morgan fingerprint density at radius 2 is 2.00 bits per heavy atom. The summed E-state index contributed by atoms with van der Waals surface area (Å²) in [6.45, 7) is 5.32. The number of nitrogens with zero attached hydrogens (tertiary/aromatic N) is 2. The van der Waals surface area contributed by atoms with Gasteiger partial charge in [0.2, 0.25) is 0 Å². The quantitative estimate of drug-likeness (QED) is 0.792. The molecule has 2 aromatic rings. The predicted molar refractivity (Wildman–Crippen MR) is 86.2 cm³/mol. The van der Waals surface area contributed by atoms with Crippen molar-refractivity contribution in [3.63, 3.8) is 0 Å². The number of thioether (sulfide) groups is 1. The molecule has 0 aliphatic carbocycles. The first-order chi connectivity index (χ1) is 9.72. The van der Waals surface area contributed by atoms with Crippen LogP contribution in [-0.4, -0.2) is 22.1 Å². The molecule has 108 valence electrons. The van der Waals surface area contributed by atoms with Gasteiger partial charge in [-0.1, -0.05) is 38.1 Å². The van der Waals surface area contributed by atoms with Gasteiger partial charge in [0.1, 0.15) is 0 Å². The molecule has 0 amide bonds. The first-order valence-corrected chi connectivity index (χ1v) is 8.15. The molecule has 1 aromatic heterocycles. The Morgan fingerprint density at radius 3 is 2.55 bits per heavy atom. The molecule has 0 saturated heterocycles. The van der Waals surface area contributed by atoms with Crippen molar-refractivity contribution >= 4 is 11.8 Å². The van der Waals surface area contributed by atoms with Crippen LogP contribution in [0.3, 0.4) is 0 Å². The predicted octanol–water partition coefficient (Wildman–Crippen LogP) is 3.43. The summed E-state index contributed by atoms with van der Waals surface area (Å²) >= 11 is 1.85. The largest absolute Gasteiger partial charge is 0.309 e. The molecule has 0 radical (unpaired) electrons. The van der Waals surface area contributed by atoms with Gasteiger partial charge in [-0.05, 0) is 24.1 Å². The van der Waals surface area contributed by atoms with Crippen molar-refractivity contribution in [2.24, 2.45) is 7.05 Å². The average Bonchev–Trinajstić information content (AvgIpc) is 2.89. The fourth-order valence-electron chi connectivity index (χ4n) is 2.16. The molecule has 0 aliphatic heterocycles. The van der Waals surface area contributed by atoms with Gasteiger partial charge in [-0.25, -0.2) is 0 Å². The zero-order chi connectivity index (χ0) is 14.4. The number of hydrogen-bond acceptors (Lipinski definition) is 3. The van der Waals surface area contributed by atoms with Gasteiger partial charge in [0, 0.05) is 29.9 Å². The van der Waals surface area contributed by atoms with Crippen LogP contribution >= 0.6 is 11.8 Å². The highest BCUT2D eigenvalue weighted by molar-refractivity contribution is 7.99. The van der Waals surface area contributed by atoms with E-state index in [1.165, 1.54) is 16.0 Å². The average molecular weight is 289 g/mol.